The summed E-state index contributed by atoms with van der Waals surface area (Å²) in [5.74, 6) is -0.917. The zero-order chi connectivity index (χ0) is 8.21. The number of hydrogen-bond acceptors (Lipinski definition) is 2. The van der Waals surface area contributed by atoms with Crippen LogP contribution in [0.25, 0.3) is 0 Å². The Hall–Kier alpha value is -0.0800. The summed E-state index contributed by atoms with van der Waals surface area (Å²) in [6, 6.07) is 0. The third kappa shape index (κ3) is 0.487. The van der Waals surface area contributed by atoms with Gasteiger partial charge in [-0.25, -0.2) is 0 Å². The van der Waals surface area contributed by atoms with Gasteiger partial charge in [-0.1, -0.05) is 27.7 Å². The molecule has 1 rings (SSSR count). The first kappa shape index (κ1) is 8.02. The second-order valence-corrected chi connectivity index (χ2v) is 4.10. The van der Waals surface area contributed by atoms with Crippen LogP contribution in [-0.2, 0) is 4.74 Å². The molecule has 1 saturated carbocycles. The predicted molar refractivity (Wildman–Crippen MR) is 39.5 cm³/mol. The molecule has 0 aliphatic heterocycles. The summed E-state index contributed by atoms with van der Waals surface area (Å²) in [4.78, 5) is 0. The maximum atomic E-state index is 9.77. The van der Waals surface area contributed by atoms with Crippen LogP contribution in [0.5, 0.6) is 0 Å². The van der Waals surface area contributed by atoms with Gasteiger partial charge in [-0.2, -0.15) is 0 Å². The molecule has 0 aromatic carbocycles. The van der Waals surface area contributed by atoms with E-state index < -0.39 is 5.79 Å². The Morgan fingerprint density at radius 1 is 1.00 bits per heavy atom. The topological polar surface area (TPSA) is 29.5 Å². The highest BCUT2D eigenvalue weighted by molar-refractivity contribution is 5.20. The van der Waals surface area contributed by atoms with Gasteiger partial charge in [0.15, 0.2) is 5.79 Å². The molecule has 0 heterocycles. The van der Waals surface area contributed by atoms with Gasteiger partial charge in [-0.05, 0) is 0 Å². The van der Waals surface area contributed by atoms with Crippen molar-refractivity contribution in [2.75, 3.05) is 7.11 Å². The minimum Gasteiger partial charge on any atom is -0.365 e. The van der Waals surface area contributed by atoms with Crippen molar-refractivity contribution in [2.24, 2.45) is 10.8 Å². The Bertz CT molecular complexity index is 145. The van der Waals surface area contributed by atoms with E-state index in [1.807, 2.05) is 27.7 Å². The summed E-state index contributed by atoms with van der Waals surface area (Å²) in [6.07, 6.45) is 0. The van der Waals surface area contributed by atoms with E-state index in [2.05, 4.69) is 0 Å². The fourth-order valence-electron chi connectivity index (χ4n) is 1.74. The molecular formula is C8H16O2. The van der Waals surface area contributed by atoms with Crippen molar-refractivity contribution >= 4 is 0 Å². The van der Waals surface area contributed by atoms with Crippen LogP contribution >= 0.6 is 0 Å². The fourth-order valence-corrected chi connectivity index (χ4v) is 1.74. The zero-order valence-electron chi connectivity index (χ0n) is 7.36. The van der Waals surface area contributed by atoms with Crippen LogP contribution in [0, 0.1) is 10.8 Å². The van der Waals surface area contributed by atoms with Gasteiger partial charge in [0.25, 0.3) is 0 Å². The van der Waals surface area contributed by atoms with Crippen molar-refractivity contribution in [2.45, 2.75) is 33.5 Å². The molecule has 0 bridgehead atoms. The Kier molecular flexibility index (Phi) is 1.25. The standard InChI is InChI=1S/C8H16O2/c1-6(2)7(3,4)8(6,9)10-5/h9H,1-5H3. The normalized spacial score (nSPS) is 31.8. The fraction of sp³-hybridized carbons (Fsp3) is 1.00. The number of hydrogen-bond donors (Lipinski definition) is 1. The lowest BCUT2D eigenvalue weighted by Gasteiger charge is -2.10. The van der Waals surface area contributed by atoms with Gasteiger partial charge in [-0.3, -0.25) is 0 Å². The van der Waals surface area contributed by atoms with Crippen LogP contribution < -0.4 is 0 Å². The molecule has 1 N–H and O–H groups in total. The lowest BCUT2D eigenvalue weighted by Crippen LogP contribution is -2.20. The average molecular weight is 144 g/mol. The molecule has 60 valence electrons. The summed E-state index contributed by atoms with van der Waals surface area (Å²) >= 11 is 0. The Balaban J connectivity index is 2.90. The van der Waals surface area contributed by atoms with E-state index >= 15 is 0 Å². The molecule has 0 atom stereocenters. The van der Waals surface area contributed by atoms with E-state index in [0.717, 1.165) is 0 Å². The van der Waals surface area contributed by atoms with Crippen molar-refractivity contribution in [3.63, 3.8) is 0 Å². The summed E-state index contributed by atoms with van der Waals surface area (Å²) < 4.78 is 5.03. The van der Waals surface area contributed by atoms with Crippen LogP contribution in [0.1, 0.15) is 27.7 Å². The molecule has 1 fully saturated rings. The molecule has 0 amide bonds. The molecule has 0 radical (unpaired) electrons. The molecular weight excluding hydrogens is 128 g/mol. The molecule has 2 nitrogen and oxygen atoms in total. The highest BCUT2D eigenvalue weighted by Crippen LogP contribution is 2.71. The predicted octanol–water partition coefficient (Wildman–Crippen LogP) is 1.39. The van der Waals surface area contributed by atoms with Gasteiger partial charge >= 0.3 is 0 Å². The largest absolute Gasteiger partial charge is 0.365 e. The van der Waals surface area contributed by atoms with Gasteiger partial charge in [0.2, 0.25) is 0 Å². The Labute approximate surface area is 62.2 Å². The van der Waals surface area contributed by atoms with Crippen molar-refractivity contribution < 1.29 is 9.84 Å². The zero-order valence-corrected chi connectivity index (χ0v) is 7.36. The minimum absolute atomic E-state index is 0.116. The molecule has 2 heteroatoms. The lowest BCUT2D eigenvalue weighted by atomic mass is 10.0. The second kappa shape index (κ2) is 1.56. The summed E-state index contributed by atoms with van der Waals surface area (Å²) in [5.41, 5.74) is -0.233. The van der Waals surface area contributed by atoms with E-state index in [1.54, 1.807) is 7.11 Å². The van der Waals surface area contributed by atoms with Crippen LogP contribution in [0.4, 0.5) is 0 Å². The van der Waals surface area contributed by atoms with E-state index in [1.165, 1.54) is 0 Å². The lowest BCUT2D eigenvalue weighted by molar-refractivity contribution is -0.143. The van der Waals surface area contributed by atoms with Crippen molar-refractivity contribution in [1.82, 2.24) is 0 Å². The van der Waals surface area contributed by atoms with Gasteiger partial charge < -0.3 is 9.84 Å². The Morgan fingerprint density at radius 3 is 1.30 bits per heavy atom. The molecule has 0 saturated heterocycles. The third-order valence-electron chi connectivity index (χ3n) is 3.49. The summed E-state index contributed by atoms with van der Waals surface area (Å²) in [6.45, 7) is 8.04. The molecule has 10 heavy (non-hydrogen) atoms. The molecule has 0 spiro atoms. The molecule has 0 aromatic heterocycles. The van der Waals surface area contributed by atoms with E-state index in [9.17, 15) is 5.11 Å². The Morgan fingerprint density at radius 2 is 1.30 bits per heavy atom. The SMILES string of the molecule is COC1(O)C(C)(C)C1(C)C. The van der Waals surface area contributed by atoms with Gasteiger partial charge in [0.05, 0.1) is 0 Å². The highest BCUT2D eigenvalue weighted by atomic mass is 16.6. The summed E-state index contributed by atoms with van der Waals surface area (Å²) in [5, 5.41) is 9.77. The van der Waals surface area contributed by atoms with Gasteiger partial charge in [-0.15, -0.1) is 0 Å². The second-order valence-electron chi connectivity index (χ2n) is 4.10. The van der Waals surface area contributed by atoms with Crippen LogP contribution in [0.15, 0.2) is 0 Å². The molecule has 0 aromatic rings. The van der Waals surface area contributed by atoms with Crippen molar-refractivity contribution in [3.05, 3.63) is 0 Å². The van der Waals surface area contributed by atoms with Crippen molar-refractivity contribution in [3.8, 4) is 0 Å². The monoisotopic (exact) mass is 144 g/mol. The van der Waals surface area contributed by atoms with Crippen LogP contribution in [-0.4, -0.2) is 18.0 Å². The van der Waals surface area contributed by atoms with E-state index in [4.69, 9.17) is 4.74 Å². The van der Waals surface area contributed by atoms with Gasteiger partial charge in [0, 0.05) is 17.9 Å². The number of ether oxygens (including phenoxy) is 1. The number of methoxy groups -OCH3 is 1. The highest BCUT2D eigenvalue weighted by Gasteiger charge is 2.78. The van der Waals surface area contributed by atoms with E-state index in [0.29, 0.717) is 0 Å². The first-order chi connectivity index (χ1) is 4.31. The van der Waals surface area contributed by atoms with Crippen LogP contribution in [0.2, 0.25) is 0 Å². The number of rotatable bonds is 1. The number of aliphatic hydroxyl groups is 1. The molecule has 0 unspecified atom stereocenters. The molecule has 1 aliphatic carbocycles. The minimum atomic E-state index is -0.917. The third-order valence-corrected chi connectivity index (χ3v) is 3.49. The van der Waals surface area contributed by atoms with Crippen LogP contribution in [0.3, 0.4) is 0 Å². The first-order valence-electron chi connectivity index (χ1n) is 3.59. The maximum Gasteiger partial charge on any atom is 0.176 e. The van der Waals surface area contributed by atoms with Crippen molar-refractivity contribution in [1.29, 1.82) is 0 Å². The first-order valence-corrected chi connectivity index (χ1v) is 3.59. The molecule has 1 aliphatic rings. The van der Waals surface area contributed by atoms with Gasteiger partial charge in [0.1, 0.15) is 0 Å². The average Bonchev–Trinajstić information content (AvgIpc) is 2.11. The summed E-state index contributed by atoms with van der Waals surface area (Å²) in [7, 11) is 1.55. The van der Waals surface area contributed by atoms with E-state index in [-0.39, 0.29) is 10.8 Å². The quantitative estimate of drug-likeness (QED) is 0.563. The smallest absolute Gasteiger partial charge is 0.176 e. The maximum absolute atomic E-state index is 9.77.